The molecule has 0 bridgehead atoms. The van der Waals surface area contributed by atoms with Gasteiger partial charge in [0.15, 0.2) is 0 Å². The van der Waals surface area contributed by atoms with Crippen molar-refractivity contribution in [3.05, 3.63) is 58.6 Å². The molecule has 3 rings (SSSR count). The smallest absolute Gasteiger partial charge is 0.240 e. The number of anilines is 1. The maximum Gasteiger partial charge on any atom is 0.240 e. The molecule has 2 aromatic rings. The van der Waals surface area contributed by atoms with E-state index >= 15 is 0 Å². The minimum atomic E-state index is -0.646. The van der Waals surface area contributed by atoms with Crippen LogP contribution in [0, 0.1) is 12.8 Å². The number of aliphatic hydroxyl groups excluding tert-OH is 1. The van der Waals surface area contributed by atoms with Crippen molar-refractivity contribution >= 4 is 28.9 Å². The molecule has 1 amide bonds. The van der Waals surface area contributed by atoms with Gasteiger partial charge in [-0.25, -0.2) is 5.43 Å². The van der Waals surface area contributed by atoms with Gasteiger partial charge in [-0.05, 0) is 49.2 Å². The molecule has 0 radical (unpaired) electrons. The number of hydrogen-bond acceptors (Lipinski definition) is 6. The largest absolute Gasteiger partial charge is 0.489 e. The number of aryl methyl sites for hydroxylation is 1. The minimum absolute atomic E-state index is 0.0448. The summed E-state index contributed by atoms with van der Waals surface area (Å²) in [6, 6.07) is 13.7. The first-order chi connectivity index (χ1) is 15.3. The highest BCUT2D eigenvalue weighted by molar-refractivity contribution is 6.32. The summed E-state index contributed by atoms with van der Waals surface area (Å²) in [6.07, 6.45) is -0.191. The van der Waals surface area contributed by atoms with Crippen molar-refractivity contribution in [2.75, 3.05) is 25.0 Å². The molecule has 0 aliphatic carbocycles. The van der Waals surface area contributed by atoms with Crippen LogP contribution in [0.25, 0.3) is 0 Å². The number of aliphatic hydroxyl groups is 1. The third-order valence-corrected chi connectivity index (χ3v) is 5.58. The van der Waals surface area contributed by atoms with Crippen molar-refractivity contribution in [1.29, 1.82) is 0 Å². The summed E-state index contributed by atoms with van der Waals surface area (Å²) in [4.78, 5) is 11.4. The molecule has 0 spiro atoms. The Morgan fingerprint density at radius 3 is 2.72 bits per heavy atom. The SMILES string of the molecule is Cc1ccc(Cl)c(OCC(O)CNC(C)CNc2ccc(C3=NNC(=O)CC3C)cc2)c1. The molecule has 2 aromatic carbocycles. The van der Waals surface area contributed by atoms with Crippen LogP contribution in [0.5, 0.6) is 5.75 Å². The van der Waals surface area contributed by atoms with E-state index in [0.717, 1.165) is 22.5 Å². The Morgan fingerprint density at radius 2 is 2.00 bits per heavy atom. The van der Waals surface area contributed by atoms with Gasteiger partial charge in [0.05, 0.1) is 10.7 Å². The van der Waals surface area contributed by atoms with Crippen LogP contribution < -0.4 is 20.8 Å². The topological polar surface area (TPSA) is 95.0 Å². The number of benzene rings is 2. The number of halogens is 1. The van der Waals surface area contributed by atoms with Crippen molar-refractivity contribution in [1.82, 2.24) is 10.7 Å². The molecule has 4 N–H and O–H groups in total. The minimum Gasteiger partial charge on any atom is -0.489 e. The van der Waals surface area contributed by atoms with Gasteiger partial charge in [-0.2, -0.15) is 5.10 Å². The number of carbonyl (C=O) groups excluding carboxylic acids is 1. The normalized spacial score (nSPS) is 17.8. The van der Waals surface area contributed by atoms with E-state index < -0.39 is 6.10 Å². The lowest BCUT2D eigenvalue weighted by Crippen LogP contribution is -2.39. The van der Waals surface area contributed by atoms with Crippen LogP contribution >= 0.6 is 11.6 Å². The van der Waals surface area contributed by atoms with Crippen LogP contribution in [0.2, 0.25) is 5.02 Å². The number of rotatable bonds is 10. The number of nitrogens with zero attached hydrogens (tertiary/aromatic N) is 1. The number of ether oxygens (including phenoxy) is 1. The highest BCUT2D eigenvalue weighted by atomic mass is 35.5. The number of hydrogen-bond donors (Lipinski definition) is 4. The molecule has 7 nitrogen and oxygen atoms in total. The van der Waals surface area contributed by atoms with E-state index in [1.807, 2.05) is 57.2 Å². The Balaban J connectivity index is 1.39. The molecule has 3 atom stereocenters. The lowest BCUT2D eigenvalue weighted by Gasteiger charge is -2.20. The highest BCUT2D eigenvalue weighted by Crippen LogP contribution is 2.25. The number of carbonyl (C=O) groups is 1. The Morgan fingerprint density at radius 1 is 1.25 bits per heavy atom. The molecule has 0 fully saturated rings. The zero-order valence-electron chi connectivity index (χ0n) is 18.7. The number of amides is 1. The number of hydrazone groups is 1. The zero-order valence-corrected chi connectivity index (χ0v) is 19.4. The van der Waals surface area contributed by atoms with Gasteiger partial charge in [0, 0.05) is 37.2 Å². The summed E-state index contributed by atoms with van der Waals surface area (Å²) in [5.74, 6) is 0.639. The van der Waals surface area contributed by atoms with Crippen LogP contribution in [-0.2, 0) is 4.79 Å². The Bertz CT molecular complexity index is 949. The van der Waals surface area contributed by atoms with E-state index in [4.69, 9.17) is 16.3 Å². The van der Waals surface area contributed by atoms with Gasteiger partial charge in [-0.3, -0.25) is 4.79 Å². The summed E-state index contributed by atoms with van der Waals surface area (Å²) in [6.45, 7) is 7.30. The summed E-state index contributed by atoms with van der Waals surface area (Å²) < 4.78 is 5.65. The predicted octanol–water partition coefficient (Wildman–Crippen LogP) is 3.34. The third-order valence-electron chi connectivity index (χ3n) is 5.27. The Kier molecular flexibility index (Phi) is 8.50. The molecule has 0 saturated heterocycles. The van der Waals surface area contributed by atoms with E-state index in [0.29, 0.717) is 30.3 Å². The summed E-state index contributed by atoms with van der Waals surface area (Å²) in [5.41, 5.74) is 6.50. The van der Waals surface area contributed by atoms with E-state index in [1.54, 1.807) is 6.07 Å². The lowest BCUT2D eigenvalue weighted by atomic mass is 9.94. The summed E-state index contributed by atoms with van der Waals surface area (Å²) in [5, 5.41) is 21.6. The van der Waals surface area contributed by atoms with Crippen molar-refractivity contribution in [3.63, 3.8) is 0 Å². The molecule has 32 heavy (non-hydrogen) atoms. The molecule has 1 aliphatic rings. The van der Waals surface area contributed by atoms with E-state index in [2.05, 4.69) is 21.2 Å². The summed E-state index contributed by atoms with van der Waals surface area (Å²) in [7, 11) is 0. The molecule has 1 heterocycles. The van der Waals surface area contributed by atoms with Crippen molar-refractivity contribution in [2.24, 2.45) is 11.0 Å². The molecule has 0 aromatic heterocycles. The van der Waals surface area contributed by atoms with Gasteiger partial charge in [-0.15, -0.1) is 0 Å². The third kappa shape index (κ3) is 6.95. The van der Waals surface area contributed by atoms with Crippen molar-refractivity contribution in [2.45, 2.75) is 39.3 Å². The Hall–Kier alpha value is -2.61. The molecule has 3 unspecified atom stereocenters. The van der Waals surface area contributed by atoms with Gasteiger partial charge < -0.3 is 20.5 Å². The monoisotopic (exact) mass is 458 g/mol. The van der Waals surface area contributed by atoms with Gasteiger partial charge in [-0.1, -0.05) is 36.7 Å². The quantitative estimate of drug-likeness (QED) is 0.438. The molecule has 8 heteroatoms. The Labute approximate surface area is 194 Å². The van der Waals surface area contributed by atoms with Crippen LogP contribution in [0.4, 0.5) is 5.69 Å². The van der Waals surface area contributed by atoms with Crippen LogP contribution in [0.3, 0.4) is 0 Å². The second-order valence-electron chi connectivity index (χ2n) is 8.30. The van der Waals surface area contributed by atoms with Crippen LogP contribution in [0.1, 0.15) is 31.4 Å². The second kappa shape index (κ2) is 11.3. The van der Waals surface area contributed by atoms with Gasteiger partial charge in [0.1, 0.15) is 18.5 Å². The fraction of sp³-hybridized carbons (Fsp3) is 0.417. The average molecular weight is 459 g/mol. The molecular formula is C24H31ClN4O3. The van der Waals surface area contributed by atoms with Crippen LogP contribution in [-0.4, -0.2) is 48.6 Å². The van der Waals surface area contributed by atoms with E-state index in [1.165, 1.54) is 0 Å². The summed E-state index contributed by atoms with van der Waals surface area (Å²) >= 11 is 6.12. The first kappa shape index (κ1) is 24.0. The van der Waals surface area contributed by atoms with Gasteiger partial charge >= 0.3 is 0 Å². The van der Waals surface area contributed by atoms with Crippen molar-refractivity contribution in [3.8, 4) is 5.75 Å². The number of nitrogens with one attached hydrogen (secondary N) is 3. The molecule has 0 saturated carbocycles. The molecule has 172 valence electrons. The maximum atomic E-state index is 11.4. The predicted molar refractivity (Wildman–Crippen MR) is 129 cm³/mol. The molecule has 1 aliphatic heterocycles. The van der Waals surface area contributed by atoms with Crippen LogP contribution in [0.15, 0.2) is 47.6 Å². The van der Waals surface area contributed by atoms with Crippen molar-refractivity contribution < 1.29 is 14.6 Å². The maximum absolute atomic E-state index is 11.4. The van der Waals surface area contributed by atoms with Gasteiger partial charge in [0.25, 0.3) is 0 Å². The van der Waals surface area contributed by atoms with E-state index in [-0.39, 0.29) is 24.5 Å². The van der Waals surface area contributed by atoms with E-state index in [9.17, 15) is 9.90 Å². The fourth-order valence-electron chi connectivity index (χ4n) is 3.41. The average Bonchev–Trinajstić information content (AvgIpc) is 2.77. The zero-order chi connectivity index (χ0) is 23.1. The van der Waals surface area contributed by atoms with Gasteiger partial charge in [0.2, 0.25) is 5.91 Å². The lowest BCUT2D eigenvalue weighted by molar-refractivity contribution is -0.121. The second-order valence-corrected chi connectivity index (χ2v) is 8.71. The highest BCUT2D eigenvalue weighted by Gasteiger charge is 2.21. The standard InChI is InChI=1S/C24H31ClN4O3/c1-15-4-9-21(25)22(10-15)32-14-20(30)13-26-17(3)12-27-19-7-5-18(6-8-19)24-16(2)11-23(31)28-29-24/h4-10,16-17,20,26-27,30H,11-14H2,1-3H3,(H,28,31). The molecular weight excluding hydrogens is 428 g/mol. The first-order valence-corrected chi connectivity index (χ1v) is 11.2. The fourth-order valence-corrected chi connectivity index (χ4v) is 3.58. The first-order valence-electron chi connectivity index (χ1n) is 10.8.